The zero-order chi connectivity index (χ0) is 14.5. The Morgan fingerprint density at radius 2 is 2.38 bits per heavy atom. The Balaban J connectivity index is 1.54. The highest BCUT2D eigenvalue weighted by Gasteiger charge is 2.20. The molecule has 21 heavy (non-hydrogen) atoms. The predicted octanol–water partition coefficient (Wildman–Crippen LogP) is 1.90. The highest BCUT2D eigenvalue weighted by molar-refractivity contribution is 5.61. The minimum atomic E-state index is 0.777. The molecule has 2 aromatic heterocycles. The van der Waals surface area contributed by atoms with Crippen molar-refractivity contribution in [2.75, 3.05) is 26.2 Å². The number of hydrogen-bond acceptors (Lipinski definition) is 4. The SMILES string of the molecule is CCN1CC[C@@H](CNCc2cn[nH]c2-c2cccnc2)C1. The van der Waals surface area contributed by atoms with Crippen molar-refractivity contribution >= 4 is 0 Å². The molecule has 0 spiro atoms. The van der Waals surface area contributed by atoms with E-state index < -0.39 is 0 Å². The van der Waals surface area contributed by atoms with E-state index in [1.54, 1.807) is 6.20 Å². The molecule has 1 atom stereocenters. The maximum atomic E-state index is 4.17. The normalized spacial score (nSPS) is 19.2. The number of aromatic nitrogens is 3. The average molecular weight is 285 g/mol. The second kappa shape index (κ2) is 6.83. The van der Waals surface area contributed by atoms with Gasteiger partial charge in [-0.05, 0) is 44.1 Å². The van der Waals surface area contributed by atoms with Crippen molar-refractivity contribution in [2.24, 2.45) is 5.92 Å². The van der Waals surface area contributed by atoms with Gasteiger partial charge in [-0.1, -0.05) is 6.92 Å². The van der Waals surface area contributed by atoms with Gasteiger partial charge in [0.15, 0.2) is 0 Å². The van der Waals surface area contributed by atoms with Crippen LogP contribution in [0.15, 0.2) is 30.7 Å². The second-order valence-electron chi connectivity index (χ2n) is 5.69. The molecule has 1 aliphatic rings. The third-order valence-corrected chi connectivity index (χ3v) is 4.23. The van der Waals surface area contributed by atoms with E-state index in [1.807, 2.05) is 18.5 Å². The number of aromatic amines is 1. The van der Waals surface area contributed by atoms with E-state index in [1.165, 1.54) is 31.6 Å². The van der Waals surface area contributed by atoms with Gasteiger partial charge in [-0.2, -0.15) is 5.10 Å². The number of pyridine rings is 1. The van der Waals surface area contributed by atoms with Crippen LogP contribution in [-0.2, 0) is 6.54 Å². The summed E-state index contributed by atoms with van der Waals surface area (Å²) in [6.07, 6.45) is 6.87. The molecule has 5 heteroatoms. The first kappa shape index (κ1) is 14.2. The fourth-order valence-electron chi connectivity index (χ4n) is 2.98. The van der Waals surface area contributed by atoms with Crippen LogP contribution in [-0.4, -0.2) is 46.3 Å². The summed E-state index contributed by atoms with van der Waals surface area (Å²) >= 11 is 0. The molecule has 1 fully saturated rings. The maximum absolute atomic E-state index is 4.17. The second-order valence-corrected chi connectivity index (χ2v) is 5.69. The molecule has 112 valence electrons. The summed E-state index contributed by atoms with van der Waals surface area (Å²) < 4.78 is 0. The van der Waals surface area contributed by atoms with Crippen molar-refractivity contribution in [3.63, 3.8) is 0 Å². The molecule has 0 amide bonds. The molecule has 0 saturated carbocycles. The third kappa shape index (κ3) is 3.49. The average Bonchev–Trinajstić information content (AvgIpc) is 3.17. The Hall–Kier alpha value is -1.72. The minimum absolute atomic E-state index is 0.777. The van der Waals surface area contributed by atoms with Gasteiger partial charge in [0.2, 0.25) is 0 Å². The van der Waals surface area contributed by atoms with Crippen LogP contribution in [0, 0.1) is 5.92 Å². The monoisotopic (exact) mass is 285 g/mol. The number of nitrogens with zero attached hydrogens (tertiary/aromatic N) is 3. The first-order valence-electron chi connectivity index (χ1n) is 7.72. The first-order valence-corrected chi connectivity index (χ1v) is 7.72. The van der Waals surface area contributed by atoms with E-state index in [2.05, 4.69) is 38.4 Å². The van der Waals surface area contributed by atoms with Gasteiger partial charge in [0.25, 0.3) is 0 Å². The van der Waals surface area contributed by atoms with Crippen LogP contribution in [0.5, 0.6) is 0 Å². The number of rotatable bonds is 6. The Bertz CT molecular complexity index is 551. The molecule has 1 saturated heterocycles. The Morgan fingerprint density at radius 3 is 3.14 bits per heavy atom. The fraction of sp³-hybridized carbons (Fsp3) is 0.500. The molecule has 0 unspecified atom stereocenters. The van der Waals surface area contributed by atoms with Gasteiger partial charge in [0.05, 0.1) is 11.9 Å². The van der Waals surface area contributed by atoms with E-state index >= 15 is 0 Å². The molecule has 2 aromatic rings. The summed E-state index contributed by atoms with van der Waals surface area (Å²) in [4.78, 5) is 6.69. The van der Waals surface area contributed by atoms with Crippen molar-refractivity contribution in [1.82, 2.24) is 25.4 Å². The van der Waals surface area contributed by atoms with Gasteiger partial charge in [0.1, 0.15) is 0 Å². The number of nitrogens with one attached hydrogen (secondary N) is 2. The quantitative estimate of drug-likeness (QED) is 0.851. The summed E-state index contributed by atoms with van der Waals surface area (Å²) in [5.74, 6) is 0.777. The highest BCUT2D eigenvalue weighted by atomic mass is 15.1. The number of H-pyrrole nitrogens is 1. The molecule has 1 aliphatic heterocycles. The van der Waals surface area contributed by atoms with Crippen LogP contribution in [0.2, 0.25) is 0 Å². The number of hydrogen-bond donors (Lipinski definition) is 2. The standard InChI is InChI=1S/C16H23N5/c1-2-21-7-5-13(12-21)8-18-10-15-11-19-20-16(15)14-4-3-6-17-9-14/h3-4,6,9,11,13,18H,2,5,7-8,10,12H2,1H3,(H,19,20)/t13-/m0/s1. The molecular formula is C16H23N5. The van der Waals surface area contributed by atoms with Gasteiger partial charge in [0, 0.05) is 36.6 Å². The van der Waals surface area contributed by atoms with Crippen molar-refractivity contribution in [1.29, 1.82) is 0 Å². The van der Waals surface area contributed by atoms with Crippen LogP contribution >= 0.6 is 0 Å². The van der Waals surface area contributed by atoms with E-state index in [0.29, 0.717) is 0 Å². The lowest BCUT2D eigenvalue weighted by Gasteiger charge is -2.13. The van der Waals surface area contributed by atoms with E-state index in [-0.39, 0.29) is 0 Å². The van der Waals surface area contributed by atoms with Crippen LogP contribution in [0.4, 0.5) is 0 Å². The molecule has 0 aromatic carbocycles. The van der Waals surface area contributed by atoms with E-state index in [9.17, 15) is 0 Å². The molecule has 0 aliphatic carbocycles. The Labute approximate surface area is 125 Å². The zero-order valence-corrected chi connectivity index (χ0v) is 12.5. The van der Waals surface area contributed by atoms with Gasteiger partial charge < -0.3 is 10.2 Å². The predicted molar refractivity (Wildman–Crippen MR) is 83.7 cm³/mol. The van der Waals surface area contributed by atoms with Crippen LogP contribution in [0.1, 0.15) is 18.9 Å². The molecule has 0 radical (unpaired) electrons. The van der Waals surface area contributed by atoms with Gasteiger partial charge >= 0.3 is 0 Å². The number of likely N-dealkylation sites (tertiary alicyclic amines) is 1. The summed E-state index contributed by atoms with van der Waals surface area (Å²) in [7, 11) is 0. The van der Waals surface area contributed by atoms with E-state index in [0.717, 1.165) is 30.3 Å². The van der Waals surface area contributed by atoms with Crippen LogP contribution in [0.3, 0.4) is 0 Å². The Kier molecular flexibility index (Phi) is 4.62. The zero-order valence-electron chi connectivity index (χ0n) is 12.5. The largest absolute Gasteiger partial charge is 0.312 e. The summed E-state index contributed by atoms with van der Waals surface area (Å²) in [5.41, 5.74) is 3.36. The van der Waals surface area contributed by atoms with Crippen molar-refractivity contribution in [2.45, 2.75) is 19.9 Å². The van der Waals surface area contributed by atoms with Crippen LogP contribution < -0.4 is 5.32 Å². The molecule has 3 rings (SSSR count). The lowest BCUT2D eigenvalue weighted by Crippen LogP contribution is -2.26. The summed E-state index contributed by atoms with van der Waals surface area (Å²) in [6, 6.07) is 4.01. The maximum Gasteiger partial charge on any atom is 0.0710 e. The van der Waals surface area contributed by atoms with Crippen molar-refractivity contribution in [3.8, 4) is 11.3 Å². The molecule has 0 bridgehead atoms. The van der Waals surface area contributed by atoms with Gasteiger partial charge in [-0.15, -0.1) is 0 Å². The van der Waals surface area contributed by atoms with Crippen molar-refractivity contribution in [3.05, 3.63) is 36.3 Å². The third-order valence-electron chi connectivity index (χ3n) is 4.23. The van der Waals surface area contributed by atoms with Gasteiger partial charge in [-0.3, -0.25) is 10.1 Å². The summed E-state index contributed by atoms with van der Waals surface area (Å²) in [6.45, 7) is 7.81. The molecular weight excluding hydrogens is 262 g/mol. The lowest BCUT2D eigenvalue weighted by molar-refractivity contribution is 0.339. The van der Waals surface area contributed by atoms with Gasteiger partial charge in [-0.25, -0.2) is 0 Å². The lowest BCUT2D eigenvalue weighted by atomic mass is 10.1. The smallest absolute Gasteiger partial charge is 0.0710 e. The summed E-state index contributed by atoms with van der Waals surface area (Å²) in [5, 5.41) is 10.8. The highest BCUT2D eigenvalue weighted by Crippen LogP contribution is 2.20. The fourth-order valence-corrected chi connectivity index (χ4v) is 2.98. The Morgan fingerprint density at radius 1 is 1.43 bits per heavy atom. The molecule has 2 N–H and O–H groups in total. The first-order chi connectivity index (χ1) is 10.4. The topological polar surface area (TPSA) is 56.8 Å². The molecule has 5 nitrogen and oxygen atoms in total. The minimum Gasteiger partial charge on any atom is -0.312 e. The molecule has 3 heterocycles. The van der Waals surface area contributed by atoms with E-state index in [4.69, 9.17) is 0 Å². The van der Waals surface area contributed by atoms with Crippen molar-refractivity contribution < 1.29 is 0 Å². The van der Waals surface area contributed by atoms with Crippen LogP contribution in [0.25, 0.3) is 11.3 Å².